The largest absolute Gasteiger partial charge is 0.481 e. The summed E-state index contributed by atoms with van der Waals surface area (Å²) in [5.41, 5.74) is 2.20. The highest BCUT2D eigenvalue weighted by molar-refractivity contribution is 6.45. The van der Waals surface area contributed by atoms with Crippen LogP contribution in [0.15, 0.2) is 42.5 Å². The smallest absolute Gasteiger partial charge is 0.310 e. The third-order valence-electron chi connectivity index (χ3n) is 6.29. The van der Waals surface area contributed by atoms with E-state index in [4.69, 9.17) is 27.9 Å². The van der Waals surface area contributed by atoms with Gasteiger partial charge in [0.15, 0.2) is 0 Å². The number of fused-ring (bicyclic) bond motifs is 1. The molecule has 1 amide bonds. The van der Waals surface area contributed by atoms with Gasteiger partial charge in [-0.25, -0.2) is 0 Å². The normalized spacial score (nSPS) is 19.2. The molecule has 1 fully saturated rings. The molecule has 1 saturated heterocycles. The Kier molecular flexibility index (Phi) is 6.21. The van der Waals surface area contributed by atoms with Gasteiger partial charge in [0.1, 0.15) is 5.69 Å². The van der Waals surface area contributed by atoms with Crippen LogP contribution in [-0.4, -0.2) is 34.8 Å². The molecule has 2 N–H and O–H groups in total. The van der Waals surface area contributed by atoms with E-state index >= 15 is 0 Å². The van der Waals surface area contributed by atoms with Crippen molar-refractivity contribution in [3.8, 4) is 0 Å². The van der Waals surface area contributed by atoms with Crippen LogP contribution in [0.1, 0.15) is 47.3 Å². The summed E-state index contributed by atoms with van der Waals surface area (Å²) in [7, 11) is 1.81. The lowest BCUT2D eigenvalue weighted by molar-refractivity contribution is -0.138. The van der Waals surface area contributed by atoms with Gasteiger partial charge in [0.2, 0.25) is 0 Å². The van der Waals surface area contributed by atoms with Gasteiger partial charge in [-0.05, 0) is 35.7 Å². The first-order valence-corrected chi connectivity index (χ1v) is 11.2. The van der Waals surface area contributed by atoms with E-state index in [0.717, 1.165) is 16.6 Å². The van der Waals surface area contributed by atoms with Crippen LogP contribution in [-0.2, 0) is 22.1 Å². The Hall–Kier alpha value is -2.54. The molecule has 4 rings (SSSR count). The van der Waals surface area contributed by atoms with Crippen LogP contribution in [0.5, 0.6) is 0 Å². The summed E-state index contributed by atoms with van der Waals surface area (Å²) < 4.78 is 7.45. The first-order chi connectivity index (χ1) is 15.3. The summed E-state index contributed by atoms with van der Waals surface area (Å²) in [6, 6.07) is 12.7. The molecule has 2 heterocycles. The third-order valence-corrected chi connectivity index (χ3v) is 7.11. The summed E-state index contributed by atoms with van der Waals surface area (Å²) >= 11 is 12.5. The second-order valence-corrected chi connectivity index (χ2v) is 8.93. The van der Waals surface area contributed by atoms with Crippen LogP contribution >= 0.6 is 23.2 Å². The second-order valence-electron chi connectivity index (χ2n) is 8.14. The van der Waals surface area contributed by atoms with Crippen molar-refractivity contribution in [2.75, 3.05) is 13.2 Å². The maximum Gasteiger partial charge on any atom is 0.310 e. The number of carbonyl (C=O) groups is 2. The molecule has 1 aliphatic rings. The number of nitrogens with one attached hydrogen (secondary N) is 1. The number of rotatable bonds is 6. The molecule has 0 aliphatic carbocycles. The molecule has 32 heavy (non-hydrogen) atoms. The molecule has 2 unspecified atom stereocenters. The Bertz CT molecular complexity index is 1180. The highest BCUT2D eigenvalue weighted by Crippen LogP contribution is 2.35. The van der Waals surface area contributed by atoms with Gasteiger partial charge in [-0.3, -0.25) is 9.59 Å². The maximum absolute atomic E-state index is 13.3. The van der Waals surface area contributed by atoms with Gasteiger partial charge >= 0.3 is 5.97 Å². The Balaban J connectivity index is 1.66. The Morgan fingerprint density at radius 3 is 2.53 bits per heavy atom. The molecule has 2 atom stereocenters. The number of aliphatic carboxylic acids is 1. The summed E-state index contributed by atoms with van der Waals surface area (Å²) in [5.74, 6) is -1.65. The van der Waals surface area contributed by atoms with Crippen molar-refractivity contribution in [1.29, 1.82) is 0 Å². The number of carboxylic acids is 1. The van der Waals surface area contributed by atoms with Gasteiger partial charge in [-0.15, -0.1) is 0 Å². The number of ether oxygens (including phenoxy) is 1. The molecule has 0 spiro atoms. The second kappa shape index (κ2) is 8.77. The van der Waals surface area contributed by atoms with Gasteiger partial charge < -0.3 is 19.7 Å². The molecule has 0 radical (unpaired) electrons. The minimum absolute atomic E-state index is 0.248. The molecule has 2 aromatic carbocycles. The molecule has 168 valence electrons. The van der Waals surface area contributed by atoms with Crippen LogP contribution in [0.25, 0.3) is 10.9 Å². The van der Waals surface area contributed by atoms with Gasteiger partial charge in [-0.2, -0.15) is 0 Å². The van der Waals surface area contributed by atoms with E-state index in [1.165, 1.54) is 0 Å². The number of aromatic nitrogens is 1. The molecule has 1 aromatic heterocycles. The van der Waals surface area contributed by atoms with Gasteiger partial charge in [0.25, 0.3) is 5.91 Å². The number of carbonyl (C=O) groups excluding carboxylic acids is 1. The van der Waals surface area contributed by atoms with Crippen LogP contribution in [0.4, 0.5) is 0 Å². The predicted molar refractivity (Wildman–Crippen MR) is 125 cm³/mol. The summed E-state index contributed by atoms with van der Waals surface area (Å²) in [6.07, 6.45) is 1.12. The van der Waals surface area contributed by atoms with Gasteiger partial charge in [0.05, 0.1) is 28.1 Å². The SMILES string of the molecule is CCC(C(=O)O)c1ccc(C2(NC(=O)c3cc4c(Cl)c(Cl)ccc4n3C)CCOC2)cc1. The Morgan fingerprint density at radius 2 is 1.94 bits per heavy atom. The monoisotopic (exact) mass is 474 g/mol. The zero-order valence-corrected chi connectivity index (χ0v) is 19.3. The minimum atomic E-state index is -0.845. The molecule has 0 bridgehead atoms. The average molecular weight is 475 g/mol. The van der Waals surface area contributed by atoms with E-state index in [9.17, 15) is 14.7 Å². The first kappa shape index (κ1) is 22.6. The van der Waals surface area contributed by atoms with E-state index in [2.05, 4.69) is 5.32 Å². The number of hydrogen-bond acceptors (Lipinski definition) is 3. The van der Waals surface area contributed by atoms with E-state index < -0.39 is 17.4 Å². The number of benzene rings is 2. The number of halogens is 2. The summed E-state index contributed by atoms with van der Waals surface area (Å²) in [4.78, 5) is 24.8. The Labute approximate surface area is 196 Å². The zero-order valence-electron chi connectivity index (χ0n) is 17.8. The number of amides is 1. The molecular weight excluding hydrogens is 451 g/mol. The summed E-state index contributed by atoms with van der Waals surface area (Å²) in [5, 5.41) is 14.2. The van der Waals surface area contributed by atoms with E-state index in [0.29, 0.717) is 47.2 Å². The first-order valence-electron chi connectivity index (χ1n) is 10.4. The molecule has 8 heteroatoms. The highest BCUT2D eigenvalue weighted by atomic mass is 35.5. The van der Waals surface area contributed by atoms with E-state index in [1.807, 2.05) is 44.3 Å². The minimum Gasteiger partial charge on any atom is -0.481 e. The van der Waals surface area contributed by atoms with Crippen molar-refractivity contribution in [1.82, 2.24) is 9.88 Å². The third kappa shape index (κ3) is 3.87. The predicted octanol–water partition coefficient (Wildman–Crippen LogP) is 5.11. The van der Waals surface area contributed by atoms with Gasteiger partial charge in [-0.1, -0.05) is 54.4 Å². The fraction of sp³-hybridized carbons (Fsp3) is 0.333. The van der Waals surface area contributed by atoms with Crippen molar-refractivity contribution in [3.05, 3.63) is 69.3 Å². The number of hydrogen-bond donors (Lipinski definition) is 2. The summed E-state index contributed by atoms with van der Waals surface area (Å²) in [6.45, 7) is 2.71. The fourth-order valence-electron chi connectivity index (χ4n) is 4.40. The molecule has 1 aliphatic heterocycles. The lowest BCUT2D eigenvalue weighted by atomic mass is 9.86. The fourth-order valence-corrected chi connectivity index (χ4v) is 4.78. The topological polar surface area (TPSA) is 80.6 Å². The highest BCUT2D eigenvalue weighted by Gasteiger charge is 2.39. The lowest BCUT2D eigenvalue weighted by Gasteiger charge is -2.30. The van der Waals surface area contributed by atoms with Crippen molar-refractivity contribution in [3.63, 3.8) is 0 Å². The quantitative estimate of drug-likeness (QED) is 0.520. The number of aryl methyl sites for hydroxylation is 1. The molecular formula is C24H24Cl2N2O4. The Morgan fingerprint density at radius 1 is 1.22 bits per heavy atom. The average Bonchev–Trinajstić information content (AvgIpc) is 3.37. The molecule has 3 aromatic rings. The molecule has 0 saturated carbocycles. The number of carboxylic acid groups (broad SMARTS) is 1. The van der Waals surface area contributed by atoms with Gasteiger partial charge in [0, 0.05) is 31.0 Å². The van der Waals surface area contributed by atoms with Crippen molar-refractivity contribution >= 4 is 46.0 Å². The molecule has 6 nitrogen and oxygen atoms in total. The van der Waals surface area contributed by atoms with Crippen molar-refractivity contribution < 1.29 is 19.4 Å². The van der Waals surface area contributed by atoms with E-state index in [-0.39, 0.29) is 5.91 Å². The van der Waals surface area contributed by atoms with Crippen LogP contribution in [0, 0.1) is 0 Å². The zero-order chi connectivity index (χ0) is 23.0. The maximum atomic E-state index is 13.3. The van der Waals surface area contributed by atoms with Crippen LogP contribution in [0.3, 0.4) is 0 Å². The van der Waals surface area contributed by atoms with Crippen LogP contribution < -0.4 is 5.32 Å². The van der Waals surface area contributed by atoms with E-state index in [1.54, 1.807) is 16.7 Å². The number of nitrogens with zero attached hydrogens (tertiary/aromatic N) is 1. The van der Waals surface area contributed by atoms with Crippen LogP contribution in [0.2, 0.25) is 10.0 Å². The van der Waals surface area contributed by atoms with Crippen molar-refractivity contribution in [2.24, 2.45) is 7.05 Å². The lowest BCUT2D eigenvalue weighted by Crippen LogP contribution is -2.47. The van der Waals surface area contributed by atoms with Crippen molar-refractivity contribution in [2.45, 2.75) is 31.2 Å². The standard InChI is InChI=1S/C24H24Cl2N2O4/c1-3-16(23(30)31)14-4-6-15(7-5-14)24(10-11-32-13-24)27-22(29)20-12-17-19(28(20)2)9-8-18(25)21(17)26/h4-9,12,16H,3,10-11,13H2,1-2H3,(H,27,29)(H,30,31).